The number of hydrogen-bond donors (Lipinski definition) is 1. The molecule has 26 heavy (non-hydrogen) atoms. The Morgan fingerprint density at radius 3 is 2.65 bits per heavy atom. The zero-order valence-electron chi connectivity index (χ0n) is 14.7. The summed E-state index contributed by atoms with van der Waals surface area (Å²) in [6.45, 7) is 4.96. The van der Waals surface area contributed by atoms with Gasteiger partial charge >= 0.3 is 0 Å². The molecule has 0 atom stereocenters. The number of aromatic nitrogens is 1. The standard InChI is InChI=1S/C20H20N2O3S/c1-3-24-16-11-9-14(13-17(16)25-4-2)10-12-19(23)22-20-21-15-7-5-6-8-18(15)26-20/h5-13H,3-4H2,1-2H3,(H,21,22,23)/b12-10+. The average molecular weight is 368 g/mol. The topological polar surface area (TPSA) is 60.5 Å². The molecule has 5 nitrogen and oxygen atoms in total. The van der Waals surface area contributed by atoms with Gasteiger partial charge in [-0.15, -0.1) is 0 Å². The average Bonchev–Trinajstić information content (AvgIpc) is 3.04. The molecule has 0 saturated heterocycles. The third-order valence-electron chi connectivity index (χ3n) is 3.52. The van der Waals surface area contributed by atoms with Crippen molar-refractivity contribution in [1.29, 1.82) is 0 Å². The highest BCUT2D eigenvalue weighted by Crippen LogP contribution is 2.29. The van der Waals surface area contributed by atoms with Gasteiger partial charge in [0.2, 0.25) is 5.91 Å². The number of anilines is 1. The van der Waals surface area contributed by atoms with Crippen LogP contribution < -0.4 is 14.8 Å². The molecule has 0 aliphatic carbocycles. The number of nitrogens with zero attached hydrogens (tertiary/aromatic N) is 1. The quantitative estimate of drug-likeness (QED) is 0.612. The van der Waals surface area contributed by atoms with Gasteiger partial charge in [-0.25, -0.2) is 4.98 Å². The minimum absolute atomic E-state index is 0.226. The molecule has 0 aliphatic heterocycles. The Morgan fingerprint density at radius 2 is 1.88 bits per heavy atom. The van der Waals surface area contributed by atoms with Gasteiger partial charge in [-0.2, -0.15) is 0 Å². The van der Waals surface area contributed by atoms with Gasteiger partial charge in [0.25, 0.3) is 0 Å². The van der Waals surface area contributed by atoms with Crippen molar-refractivity contribution >= 4 is 38.7 Å². The second-order valence-corrected chi connectivity index (χ2v) is 6.41. The molecule has 0 saturated carbocycles. The lowest BCUT2D eigenvalue weighted by Gasteiger charge is -2.11. The molecule has 134 valence electrons. The van der Waals surface area contributed by atoms with Crippen LogP contribution in [0.15, 0.2) is 48.5 Å². The molecule has 6 heteroatoms. The van der Waals surface area contributed by atoms with Crippen LogP contribution in [0.1, 0.15) is 19.4 Å². The molecule has 1 aromatic heterocycles. The molecule has 1 amide bonds. The minimum Gasteiger partial charge on any atom is -0.490 e. The van der Waals surface area contributed by atoms with Crippen molar-refractivity contribution in [1.82, 2.24) is 4.98 Å². The van der Waals surface area contributed by atoms with E-state index in [1.807, 2.05) is 56.3 Å². The summed E-state index contributed by atoms with van der Waals surface area (Å²) in [6.07, 6.45) is 3.22. The fourth-order valence-corrected chi connectivity index (χ4v) is 3.28. The van der Waals surface area contributed by atoms with Gasteiger partial charge in [0.1, 0.15) is 0 Å². The number of thiazole rings is 1. The van der Waals surface area contributed by atoms with Gasteiger partial charge < -0.3 is 9.47 Å². The first kappa shape index (κ1) is 17.9. The molecule has 2 aromatic carbocycles. The van der Waals surface area contributed by atoms with E-state index in [9.17, 15) is 4.79 Å². The molecular formula is C20H20N2O3S. The highest BCUT2D eigenvalue weighted by Gasteiger charge is 2.07. The Labute approximate surface area is 156 Å². The highest BCUT2D eigenvalue weighted by molar-refractivity contribution is 7.22. The predicted octanol–water partition coefficient (Wildman–Crippen LogP) is 4.75. The van der Waals surface area contributed by atoms with E-state index in [1.54, 1.807) is 6.08 Å². The van der Waals surface area contributed by atoms with Crippen LogP contribution in [0.2, 0.25) is 0 Å². The molecule has 0 unspecified atom stereocenters. The van der Waals surface area contributed by atoms with Gasteiger partial charge in [0.15, 0.2) is 16.6 Å². The van der Waals surface area contributed by atoms with Crippen molar-refractivity contribution in [2.45, 2.75) is 13.8 Å². The summed E-state index contributed by atoms with van der Waals surface area (Å²) in [7, 11) is 0. The fraction of sp³-hybridized carbons (Fsp3) is 0.200. The maximum absolute atomic E-state index is 12.2. The Balaban J connectivity index is 1.70. The number of amides is 1. The van der Waals surface area contributed by atoms with Crippen LogP contribution >= 0.6 is 11.3 Å². The van der Waals surface area contributed by atoms with E-state index in [-0.39, 0.29) is 5.91 Å². The first-order valence-corrected chi connectivity index (χ1v) is 9.25. The van der Waals surface area contributed by atoms with Crippen molar-refractivity contribution in [2.75, 3.05) is 18.5 Å². The third-order valence-corrected chi connectivity index (χ3v) is 4.47. The van der Waals surface area contributed by atoms with E-state index in [4.69, 9.17) is 9.47 Å². The van der Waals surface area contributed by atoms with Crippen LogP contribution in [0.25, 0.3) is 16.3 Å². The molecule has 0 fully saturated rings. The Bertz CT molecular complexity index is 901. The van der Waals surface area contributed by atoms with Crippen LogP contribution in [0.5, 0.6) is 11.5 Å². The number of benzene rings is 2. The van der Waals surface area contributed by atoms with Gasteiger partial charge in [0, 0.05) is 6.08 Å². The summed E-state index contributed by atoms with van der Waals surface area (Å²) in [6, 6.07) is 13.4. The number of carbonyl (C=O) groups is 1. The van der Waals surface area contributed by atoms with E-state index in [2.05, 4.69) is 10.3 Å². The van der Waals surface area contributed by atoms with Crippen LogP contribution in [-0.2, 0) is 4.79 Å². The molecule has 0 bridgehead atoms. The molecule has 0 spiro atoms. The molecule has 3 aromatic rings. The lowest BCUT2D eigenvalue weighted by Crippen LogP contribution is -2.07. The van der Waals surface area contributed by atoms with Gasteiger partial charge in [-0.3, -0.25) is 10.1 Å². The minimum atomic E-state index is -0.226. The van der Waals surface area contributed by atoms with Crippen molar-refractivity contribution in [3.05, 3.63) is 54.1 Å². The third kappa shape index (κ3) is 4.40. The van der Waals surface area contributed by atoms with Crippen LogP contribution in [0, 0.1) is 0 Å². The van der Waals surface area contributed by atoms with Crippen molar-refractivity contribution in [3.63, 3.8) is 0 Å². The normalized spacial score (nSPS) is 11.0. The zero-order chi connectivity index (χ0) is 18.4. The molecule has 0 radical (unpaired) electrons. The number of hydrogen-bond acceptors (Lipinski definition) is 5. The molecule has 0 aliphatic rings. The maximum Gasteiger partial charge on any atom is 0.250 e. The van der Waals surface area contributed by atoms with Crippen LogP contribution in [-0.4, -0.2) is 24.1 Å². The molecule has 1 heterocycles. The van der Waals surface area contributed by atoms with E-state index in [0.29, 0.717) is 29.8 Å². The Kier molecular flexibility index (Phi) is 5.86. The van der Waals surface area contributed by atoms with Crippen LogP contribution in [0.3, 0.4) is 0 Å². The summed E-state index contributed by atoms with van der Waals surface area (Å²) >= 11 is 1.45. The first-order valence-electron chi connectivity index (χ1n) is 8.44. The van der Waals surface area contributed by atoms with Crippen LogP contribution in [0.4, 0.5) is 5.13 Å². The summed E-state index contributed by atoms with van der Waals surface area (Å²) in [5.74, 6) is 1.14. The molecule has 3 rings (SSSR count). The lowest BCUT2D eigenvalue weighted by atomic mass is 10.2. The SMILES string of the molecule is CCOc1ccc(/C=C/C(=O)Nc2nc3ccccc3s2)cc1OCC. The van der Waals surface area contributed by atoms with Gasteiger partial charge in [-0.1, -0.05) is 29.5 Å². The largest absolute Gasteiger partial charge is 0.490 e. The van der Waals surface area contributed by atoms with E-state index < -0.39 is 0 Å². The number of rotatable bonds is 7. The zero-order valence-corrected chi connectivity index (χ0v) is 15.5. The summed E-state index contributed by atoms with van der Waals surface area (Å²) < 4.78 is 12.2. The summed E-state index contributed by atoms with van der Waals surface area (Å²) in [4.78, 5) is 16.5. The van der Waals surface area contributed by atoms with E-state index in [0.717, 1.165) is 15.8 Å². The molecular weight excluding hydrogens is 348 g/mol. The van der Waals surface area contributed by atoms with E-state index >= 15 is 0 Å². The first-order chi connectivity index (χ1) is 12.7. The monoisotopic (exact) mass is 368 g/mol. The van der Waals surface area contributed by atoms with Crippen molar-refractivity contribution in [2.24, 2.45) is 0 Å². The summed E-state index contributed by atoms with van der Waals surface area (Å²) in [5, 5.41) is 3.38. The highest BCUT2D eigenvalue weighted by atomic mass is 32.1. The number of nitrogens with one attached hydrogen (secondary N) is 1. The number of ether oxygens (including phenoxy) is 2. The summed E-state index contributed by atoms with van der Waals surface area (Å²) in [5.41, 5.74) is 1.74. The van der Waals surface area contributed by atoms with E-state index in [1.165, 1.54) is 17.4 Å². The Hall–Kier alpha value is -2.86. The second-order valence-electron chi connectivity index (χ2n) is 5.38. The number of para-hydroxylation sites is 1. The smallest absolute Gasteiger partial charge is 0.250 e. The predicted molar refractivity (Wildman–Crippen MR) is 106 cm³/mol. The lowest BCUT2D eigenvalue weighted by molar-refractivity contribution is -0.111. The number of carbonyl (C=O) groups excluding carboxylic acids is 1. The maximum atomic E-state index is 12.2. The number of fused-ring (bicyclic) bond motifs is 1. The second kappa shape index (κ2) is 8.49. The van der Waals surface area contributed by atoms with Crippen molar-refractivity contribution < 1.29 is 14.3 Å². The van der Waals surface area contributed by atoms with Crippen molar-refractivity contribution in [3.8, 4) is 11.5 Å². The Morgan fingerprint density at radius 1 is 1.12 bits per heavy atom. The fourth-order valence-electron chi connectivity index (χ4n) is 2.42. The van der Waals surface area contributed by atoms with Gasteiger partial charge in [-0.05, 0) is 49.8 Å². The van der Waals surface area contributed by atoms with Gasteiger partial charge in [0.05, 0.1) is 23.4 Å². The molecule has 1 N–H and O–H groups in total.